The first-order valence-corrected chi connectivity index (χ1v) is 11.0. The zero-order valence-corrected chi connectivity index (χ0v) is 17.8. The number of hydrogen-bond acceptors (Lipinski definition) is 4. The molecule has 0 unspecified atom stereocenters. The van der Waals surface area contributed by atoms with Gasteiger partial charge >= 0.3 is 0 Å². The topological polar surface area (TPSA) is 67.4 Å². The Hall–Kier alpha value is -1.11. The summed E-state index contributed by atoms with van der Waals surface area (Å²) in [5.41, 5.74) is 0.624. The average molecular weight is 383 g/mol. The lowest BCUT2D eigenvalue weighted by Crippen LogP contribution is -2.62. The van der Waals surface area contributed by atoms with Gasteiger partial charge in [0.1, 0.15) is 5.75 Å². The molecule has 1 aromatic rings. The smallest absolute Gasteiger partial charge is 0.240 e. The summed E-state index contributed by atoms with van der Waals surface area (Å²) < 4.78 is 34.4. The third-order valence-corrected chi connectivity index (χ3v) is 6.24. The van der Waals surface area contributed by atoms with Crippen molar-refractivity contribution in [3.8, 4) is 5.75 Å². The normalized spacial score (nSPS) is 20.1. The van der Waals surface area contributed by atoms with Gasteiger partial charge in [0.25, 0.3) is 0 Å². The maximum Gasteiger partial charge on any atom is 0.240 e. The molecule has 0 atom stereocenters. The molecule has 0 spiro atoms. The zero-order chi connectivity index (χ0) is 19.6. The number of hydrogen-bond donors (Lipinski definition) is 2. The standard InChI is InChI=1S/C20H34N2O3S/c1-7-8-11-25-18-10-9-17(12-15(18)2)26(23,24)21-16-13-19(3,4)22-20(5,6)14-16/h9-10,12,16,21-22H,7-8,11,13-14H2,1-6H3. The zero-order valence-electron chi connectivity index (χ0n) is 17.0. The summed E-state index contributed by atoms with van der Waals surface area (Å²) in [5, 5.41) is 3.58. The van der Waals surface area contributed by atoms with E-state index >= 15 is 0 Å². The van der Waals surface area contributed by atoms with E-state index in [0.29, 0.717) is 11.5 Å². The summed E-state index contributed by atoms with van der Waals surface area (Å²) in [6, 6.07) is 5.00. The molecule has 0 radical (unpaired) electrons. The molecule has 1 aliphatic rings. The Bertz CT molecular complexity index is 711. The van der Waals surface area contributed by atoms with Crippen LogP contribution in [-0.2, 0) is 10.0 Å². The van der Waals surface area contributed by atoms with Crippen molar-refractivity contribution in [1.29, 1.82) is 0 Å². The number of nitrogens with one attached hydrogen (secondary N) is 2. The maximum atomic E-state index is 12.9. The van der Waals surface area contributed by atoms with E-state index in [0.717, 1.165) is 37.0 Å². The first-order chi connectivity index (χ1) is 11.9. The van der Waals surface area contributed by atoms with Gasteiger partial charge in [-0.25, -0.2) is 13.1 Å². The Kier molecular flexibility index (Phi) is 6.41. The van der Waals surface area contributed by atoms with Crippen molar-refractivity contribution < 1.29 is 13.2 Å². The van der Waals surface area contributed by atoms with Gasteiger partial charge in [0.2, 0.25) is 10.0 Å². The Morgan fingerprint density at radius 1 is 1.19 bits per heavy atom. The molecule has 5 nitrogen and oxygen atoms in total. The fourth-order valence-corrected chi connectivity index (χ4v) is 5.29. The van der Waals surface area contributed by atoms with Crippen molar-refractivity contribution in [2.75, 3.05) is 6.61 Å². The van der Waals surface area contributed by atoms with Crippen molar-refractivity contribution in [3.05, 3.63) is 23.8 Å². The lowest BCUT2D eigenvalue weighted by molar-refractivity contribution is 0.157. The summed E-state index contributed by atoms with van der Waals surface area (Å²) in [6.45, 7) is 13.1. The minimum Gasteiger partial charge on any atom is -0.493 e. The summed E-state index contributed by atoms with van der Waals surface area (Å²) in [7, 11) is -3.56. The van der Waals surface area contributed by atoms with Crippen LogP contribution in [0.1, 0.15) is 65.9 Å². The predicted molar refractivity (Wildman–Crippen MR) is 106 cm³/mol. The van der Waals surface area contributed by atoms with Gasteiger partial charge in [0.05, 0.1) is 11.5 Å². The highest BCUT2D eigenvalue weighted by molar-refractivity contribution is 7.89. The SMILES string of the molecule is CCCCOc1ccc(S(=O)(=O)NC2CC(C)(C)NC(C)(C)C2)cc1C. The summed E-state index contributed by atoms with van der Waals surface area (Å²) >= 11 is 0. The molecule has 2 rings (SSSR count). The first kappa shape index (κ1) is 21.2. The molecule has 1 aromatic carbocycles. The molecule has 0 bridgehead atoms. The van der Waals surface area contributed by atoms with Gasteiger partial charge in [-0.05, 0) is 77.6 Å². The summed E-state index contributed by atoms with van der Waals surface area (Å²) in [5.74, 6) is 0.751. The molecule has 1 saturated heterocycles. The molecule has 1 heterocycles. The lowest BCUT2D eigenvalue weighted by Gasteiger charge is -2.46. The molecule has 1 aliphatic heterocycles. The number of rotatable bonds is 7. The largest absolute Gasteiger partial charge is 0.493 e. The van der Waals surface area contributed by atoms with E-state index in [1.54, 1.807) is 18.2 Å². The number of piperidine rings is 1. The van der Waals surface area contributed by atoms with Crippen molar-refractivity contribution >= 4 is 10.0 Å². The Morgan fingerprint density at radius 2 is 1.81 bits per heavy atom. The van der Waals surface area contributed by atoms with Crippen molar-refractivity contribution in [2.24, 2.45) is 0 Å². The van der Waals surface area contributed by atoms with Crippen LogP contribution in [0.4, 0.5) is 0 Å². The number of sulfonamides is 1. The van der Waals surface area contributed by atoms with E-state index in [1.807, 2.05) is 6.92 Å². The van der Waals surface area contributed by atoms with E-state index in [2.05, 4.69) is 44.7 Å². The van der Waals surface area contributed by atoms with E-state index in [9.17, 15) is 8.42 Å². The molecule has 1 fully saturated rings. The van der Waals surface area contributed by atoms with E-state index in [-0.39, 0.29) is 17.1 Å². The number of aryl methyl sites for hydroxylation is 1. The summed E-state index contributed by atoms with van der Waals surface area (Å²) in [4.78, 5) is 0.298. The number of ether oxygens (including phenoxy) is 1. The van der Waals surface area contributed by atoms with Gasteiger partial charge in [-0.15, -0.1) is 0 Å². The number of unbranched alkanes of at least 4 members (excludes halogenated alkanes) is 1. The van der Waals surface area contributed by atoms with Crippen LogP contribution in [0.5, 0.6) is 5.75 Å². The first-order valence-electron chi connectivity index (χ1n) is 9.49. The fraction of sp³-hybridized carbons (Fsp3) is 0.700. The molecule has 0 saturated carbocycles. The highest BCUT2D eigenvalue weighted by Gasteiger charge is 2.39. The van der Waals surface area contributed by atoms with E-state index in [4.69, 9.17) is 4.74 Å². The van der Waals surface area contributed by atoms with Gasteiger partial charge < -0.3 is 10.1 Å². The molecular weight excluding hydrogens is 348 g/mol. The highest BCUT2D eigenvalue weighted by atomic mass is 32.2. The Balaban J connectivity index is 2.13. The lowest BCUT2D eigenvalue weighted by atomic mass is 9.80. The highest BCUT2D eigenvalue weighted by Crippen LogP contribution is 2.30. The van der Waals surface area contributed by atoms with Gasteiger partial charge in [0, 0.05) is 17.1 Å². The minimum atomic E-state index is -3.56. The summed E-state index contributed by atoms with van der Waals surface area (Å²) in [6.07, 6.45) is 3.57. The van der Waals surface area contributed by atoms with Crippen LogP contribution >= 0.6 is 0 Å². The second-order valence-electron chi connectivity index (χ2n) is 8.75. The van der Waals surface area contributed by atoms with Gasteiger partial charge in [-0.3, -0.25) is 0 Å². The van der Waals surface area contributed by atoms with Crippen LogP contribution in [0.25, 0.3) is 0 Å². The van der Waals surface area contributed by atoms with Crippen LogP contribution in [0.15, 0.2) is 23.1 Å². The van der Waals surface area contributed by atoms with Gasteiger partial charge in [-0.1, -0.05) is 13.3 Å². The average Bonchev–Trinajstić information content (AvgIpc) is 2.45. The fourth-order valence-electron chi connectivity index (χ4n) is 3.97. The monoisotopic (exact) mass is 382 g/mol. The molecule has 148 valence electrons. The molecule has 0 aliphatic carbocycles. The molecule has 26 heavy (non-hydrogen) atoms. The predicted octanol–water partition coefficient (Wildman–Crippen LogP) is 3.76. The molecular formula is C20H34N2O3S. The van der Waals surface area contributed by atoms with E-state index in [1.165, 1.54) is 0 Å². The molecule has 2 N–H and O–H groups in total. The molecule has 6 heteroatoms. The second kappa shape index (κ2) is 7.87. The third kappa shape index (κ3) is 5.69. The van der Waals surface area contributed by atoms with Crippen LogP contribution in [0, 0.1) is 6.92 Å². The van der Waals surface area contributed by atoms with Gasteiger partial charge in [0.15, 0.2) is 0 Å². The van der Waals surface area contributed by atoms with Crippen LogP contribution < -0.4 is 14.8 Å². The molecule has 0 aromatic heterocycles. The quantitative estimate of drug-likeness (QED) is 0.705. The van der Waals surface area contributed by atoms with Crippen LogP contribution in [0.3, 0.4) is 0 Å². The van der Waals surface area contributed by atoms with E-state index < -0.39 is 10.0 Å². The van der Waals surface area contributed by atoms with Crippen molar-refractivity contribution in [1.82, 2.24) is 10.0 Å². The minimum absolute atomic E-state index is 0.0907. The van der Waals surface area contributed by atoms with Crippen molar-refractivity contribution in [2.45, 2.75) is 89.2 Å². The second-order valence-corrected chi connectivity index (χ2v) is 10.5. The van der Waals surface area contributed by atoms with Crippen molar-refractivity contribution in [3.63, 3.8) is 0 Å². The van der Waals surface area contributed by atoms with Crippen LogP contribution in [-0.4, -0.2) is 32.1 Å². The Morgan fingerprint density at radius 3 is 2.35 bits per heavy atom. The maximum absolute atomic E-state index is 12.9. The molecule has 0 amide bonds. The Labute approximate surface area is 159 Å². The van der Waals surface area contributed by atoms with Crippen LogP contribution in [0.2, 0.25) is 0 Å². The number of benzene rings is 1. The van der Waals surface area contributed by atoms with Gasteiger partial charge in [-0.2, -0.15) is 0 Å². The third-order valence-electron chi connectivity index (χ3n) is 4.72.